The fraction of sp³-hybridized carbons (Fsp3) is 0.462. The van der Waals surface area contributed by atoms with Gasteiger partial charge in [0.15, 0.2) is 17.7 Å². The van der Waals surface area contributed by atoms with Crippen molar-refractivity contribution in [2.24, 2.45) is 5.92 Å². The van der Waals surface area contributed by atoms with E-state index in [-0.39, 0.29) is 17.6 Å². The number of carboxylic acids is 1. The van der Waals surface area contributed by atoms with Gasteiger partial charge >= 0.3 is 5.97 Å². The molecule has 1 aliphatic heterocycles. The molecule has 1 heterocycles. The van der Waals surface area contributed by atoms with Crippen molar-refractivity contribution in [2.75, 3.05) is 0 Å². The number of aliphatic carboxylic acids is 1. The van der Waals surface area contributed by atoms with Crippen LogP contribution in [0.5, 0.6) is 5.75 Å². The standard InChI is InChI=1S/C13H14F2O4/c1-5-6(2)19-12(13(17)18)9(5)7-3-4-8(14)10(15)11(7)16/h3-6,9,12,16H,1-2H3,(H,17,18)/t5-,6-,9+,12-/m1/s1. The van der Waals surface area contributed by atoms with E-state index in [2.05, 4.69) is 0 Å². The summed E-state index contributed by atoms with van der Waals surface area (Å²) in [5, 5.41) is 18.8. The van der Waals surface area contributed by atoms with Crippen LogP contribution in [0, 0.1) is 17.6 Å². The highest BCUT2D eigenvalue weighted by Crippen LogP contribution is 2.44. The number of hydrogen-bond acceptors (Lipinski definition) is 3. The van der Waals surface area contributed by atoms with E-state index in [9.17, 15) is 18.7 Å². The molecule has 2 N–H and O–H groups in total. The van der Waals surface area contributed by atoms with Crippen molar-refractivity contribution in [2.45, 2.75) is 32.0 Å². The predicted molar refractivity (Wildman–Crippen MR) is 61.9 cm³/mol. The molecule has 104 valence electrons. The zero-order valence-corrected chi connectivity index (χ0v) is 10.4. The van der Waals surface area contributed by atoms with Crippen LogP contribution >= 0.6 is 0 Å². The van der Waals surface area contributed by atoms with Gasteiger partial charge in [0.1, 0.15) is 0 Å². The van der Waals surface area contributed by atoms with E-state index in [1.807, 2.05) is 0 Å². The second-order valence-electron chi connectivity index (χ2n) is 4.78. The average molecular weight is 272 g/mol. The zero-order valence-electron chi connectivity index (χ0n) is 10.4. The molecule has 19 heavy (non-hydrogen) atoms. The summed E-state index contributed by atoms with van der Waals surface area (Å²) in [5.41, 5.74) is 0.0585. The van der Waals surface area contributed by atoms with Crippen LogP contribution < -0.4 is 0 Å². The fourth-order valence-electron chi connectivity index (χ4n) is 2.49. The zero-order chi connectivity index (χ0) is 14.3. The van der Waals surface area contributed by atoms with Gasteiger partial charge in [-0.2, -0.15) is 4.39 Å². The molecule has 1 aromatic carbocycles. The van der Waals surface area contributed by atoms with E-state index in [1.54, 1.807) is 13.8 Å². The molecule has 1 aromatic rings. The van der Waals surface area contributed by atoms with E-state index in [0.717, 1.165) is 6.07 Å². The Bertz CT molecular complexity index is 518. The highest BCUT2D eigenvalue weighted by Gasteiger charge is 2.45. The molecule has 0 radical (unpaired) electrons. The number of benzene rings is 1. The van der Waals surface area contributed by atoms with Gasteiger partial charge in [0, 0.05) is 11.5 Å². The lowest BCUT2D eigenvalue weighted by atomic mass is 9.82. The normalized spacial score (nSPS) is 30.5. The van der Waals surface area contributed by atoms with Crippen molar-refractivity contribution >= 4 is 5.97 Å². The Morgan fingerprint density at radius 3 is 2.53 bits per heavy atom. The summed E-state index contributed by atoms with van der Waals surface area (Å²) >= 11 is 0. The Labute approximate surface area is 108 Å². The second kappa shape index (κ2) is 4.77. The SMILES string of the molecule is C[C@H]1[C@@H](c2ccc(F)c(F)c2O)[C@H](C(=O)O)O[C@@H]1C. The first-order chi connectivity index (χ1) is 8.84. The maximum atomic E-state index is 13.4. The molecule has 4 nitrogen and oxygen atoms in total. The fourth-order valence-corrected chi connectivity index (χ4v) is 2.49. The lowest BCUT2D eigenvalue weighted by Crippen LogP contribution is -2.26. The Balaban J connectivity index is 2.50. The summed E-state index contributed by atoms with van der Waals surface area (Å²) in [6.45, 7) is 3.45. The maximum absolute atomic E-state index is 13.4. The van der Waals surface area contributed by atoms with Crippen LogP contribution in [-0.2, 0) is 9.53 Å². The molecule has 0 unspecified atom stereocenters. The topological polar surface area (TPSA) is 66.8 Å². The lowest BCUT2D eigenvalue weighted by molar-refractivity contribution is -0.149. The van der Waals surface area contributed by atoms with Crippen LogP contribution in [0.1, 0.15) is 25.3 Å². The highest BCUT2D eigenvalue weighted by molar-refractivity contribution is 5.74. The highest BCUT2D eigenvalue weighted by atomic mass is 19.2. The molecule has 0 saturated carbocycles. The number of hydrogen-bond donors (Lipinski definition) is 2. The summed E-state index contributed by atoms with van der Waals surface area (Å²) in [6.07, 6.45) is -1.53. The predicted octanol–water partition coefficient (Wildman–Crippen LogP) is 2.26. The molecule has 0 aliphatic carbocycles. The summed E-state index contributed by atoms with van der Waals surface area (Å²) < 4.78 is 31.7. The monoisotopic (exact) mass is 272 g/mol. The smallest absolute Gasteiger partial charge is 0.333 e. The van der Waals surface area contributed by atoms with Gasteiger partial charge in [-0.05, 0) is 18.9 Å². The van der Waals surface area contributed by atoms with E-state index < -0.39 is 35.4 Å². The Kier molecular flexibility index (Phi) is 3.45. The summed E-state index contributed by atoms with van der Waals surface area (Å²) in [7, 11) is 0. The third-order valence-corrected chi connectivity index (χ3v) is 3.70. The van der Waals surface area contributed by atoms with E-state index >= 15 is 0 Å². The first-order valence-electron chi connectivity index (χ1n) is 5.89. The Hall–Kier alpha value is -1.69. The van der Waals surface area contributed by atoms with Crippen LogP contribution in [-0.4, -0.2) is 28.4 Å². The van der Waals surface area contributed by atoms with E-state index in [4.69, 9.17) is 9.84 Å². The summed E-state index contributed by atoms with van der Waals surface area (Å²) in [4.78, 5) is 11.2. The number of rotatable bonds is 2. The van der Waals surface area contributed by atoms with Crippen molar-refractivity contribution in [1.82, 2.24) is 0 Å². The molecule has 0 bridgehead atoms. The molecular formula is C13H14F2O4. The summed E-state index contributed by atoms with van der Waals surface area (Å²) in [6, 6.07) is 2.07. The third kappa shape index (κ3) is 2.16. The molecule has 4 atom stereocenters. The maximum Gasteiger partial charge on any atom is 0.333 e. The minimum Gasteiger partial charge on any atom is -0.505 e. The van der Waals surface area contributed by atoms with Gasteiger partial charge < -0.3 is 14.9 Å². The first-order valence-corrected chi connectivity index (χ1v) is 5.89. The van der Waals surface area contributed by atoms with Crippen molar-refractivity contribution in [3.63, 3.8) is 0 Å². The number of phenols is 1. The molecule has 6 heteroatoms. The van der Waals surface area contributed by atoms with Gasteiger partial charge in [0.05, 0.1) is 6.10 Å². The minimum atomic E-state index is -1.37. The number of halogens is 2. The average Bonchev–Trinajstić information content (AvgIpc) is 2.64. The van der Waals surface area contributed by atoms with Gasteiger partial charge in [-0.1, -0.05) is 13.0 Å². The van der Waals surface area contributed by atoms with Gasteiger partial charge in [0.25, 0.3) is 0 Å². The van der Waals surface area contributed by atoms with Crippen LogP contribution in [0.25, 0.3) is 0 Å². The van der Waals surface area contributed by atoms with Gasteiger partial charge in [-0.25, -0.2) is 9.18 Å². The van der Waals surface area contributed by atoms with Crippen LogP contribution in [0.2, 0.25) is 0 Å². The first kappa shape index (κ1) is 13.7. The molecule has 1 aliphatic rings. The Morgan fingerprint density at radius 1 is 1.32 bits per heavy atom. The quantitative estimate of drug-likeness (QED) is 0.866. The number of aromatic hydroxyl groups is 1. The van der Waals surface area contributed by atoms with Crippen molar-refractivity contribution < 1.29 is 28.5 Å². The number of carbonyl (C=O) groups is 1. The van der Waals surface area contributed by atoms with E-state index in [0.29, 0.717) is 0 Å². The molecule has 1 saturated heterocycles. The van der Waals surface area contributed by atoms with Gasteiger partial charge in [-0.15, -0.1) is 0 Å². The molecule has 2 rings (SSSR count). The summed E-state index contributed by atoms with van der Waals surface area (Å²) in [5.74, 6) is -5.54. The number of phenolic OH excluding ortho intramolecular Hbond substituents is 1. The van der Waals surface area contributed by atoms with Crippen molar-refractivity contribution in [3.05, 3.63) is 29.3 Å². The van der Waals surface area contributed by atoms with Crippen molar-refractivity contribution in [1.29, 1.82) is 0 Å². The Morgan fingerprint density at radius 2 is 1.95 bits per heavy atom. The third-order valence-electron chi connectivity index (χ3n) is 3.70. The van der Waals surface area contributed by atoms with Crippen molar-refractivity contribution in [3.8, 4) is 5.75 Å². The number of carboxylic acid groups (broad SMARTS) is 1. The minimum absolute atomic E-state index is 0.0585. The van der Waals surface area contributed by atoms with Crippen LogP contribution in [0.3, 0.4) is 0 Å². The van der Waals surface area contributed by atoms with Crippen LogP contribution in [0.15, 0.2) is 12.1 Å². The molecular weight excluding hydrogens is 258 g/mol. The molecule has 0 spiro atoms. The molecule has 0 amide bonds. The lowest BCUT2D eigenvalue weighted by Gasteiger charge is -2.20. The van der Waals surface area contributed by atoms with E-state index in [1.165, 1.54) is 6.07 Å². The molecule has 1 fully saturated rings. The molecule has 0 aromatic heterocycles. The van der Waals surface area contributed by atoms with Crippen LogP contribution in [0.4, 0.5) is 8.78 Å². The van der Waals surface area contributed by atoms with Gasteiger partial charge in [-0.3, -0.25) is 0 Å². The largest absolute Gasteiger partial charge is 0.505 e. The van der Waals surface area contributed by atoms with Gasteiger partial charge in [0.2, 0.25) is 5.82 Å². The number of ether oxygens (including phenoxy) is 1. The second-order valence-corrected chi connectivity index (χ2v) is 4.78.